The summed E-state index contributed by atoms with van der Waals surface area (Å²) in [6.45, 7) is 12.0. The van der Waals surface area contributed by atoms with Gasteiger partial charge in [0, 0.05) is 49.5 Å². The maximum atomic E-state index is 12.4. The molecule has 0 atom stereocenters. The van der Waals surface area contributed by atoms with Crippen LogP contribution in [0.25, 0.3) is 0 Å². The number of hydrogen-bond donors (Lipinski definition) is 4. The van der Waals surface area contributed by atoms with Crippen LogP contribution in [0.2, 0.25) is 0 Å². The Hall–Kier alpha value is -3.71. The van der Waals surface area contributed by atoms with E-state index in [-0.39, 0.29) is 32.7 Å². The molecule has 2 aromatic carbocycles. The van der Waals surface area contributed by atoms with E-state index < -0.39 is 19.1 Å². The number of nitrogens with one attached hydrogen (secondary N) is 3. The van der Waals surface area contributed by atoms with Crippen LogP contribution in [0.5, 0.6) is 0 Å². The molecule has 0 aliphatic carbocycles. The number of benzene rings is 2. The summed E-state index contributed by atoms with van der Waals surface area (Å²) in [6.07, 6.45) is 1.30. The fraction of sp³-hybridized carbons (Fsp3) is 0.400. The van der Waals surface area contributed by atoms with Gasteiger partial charge in [0.2, 0.25) is 22.1 Å². The van der Waals surface area contributed by atoms with Crippen LogP contribution in [0.1, 0.15) is 74.5 Å². The number of nitrogens with two attached hydrogens (primary N) is 1. The van der Waals surface area contributed by atoms with Crippen molar-refractivity contribution in [2.24, 2.45) is 0 Å². The van der Waals surface area contributed by atoms with E-state index in [0.29, 0.717) is 37.0 Å². The molecule has 0 aliphatic rings. The molecule has 2 heterocycles. The van der Waals surface area contributed by atoms with Crippen LogP contribution in [-0.2, 0) is 41.5 Å². The summed E-state index contributed by atoms with van der Waals surface area (Å²) in [6, 6.07) is 12.8. The molecule has 49 heavy (non-hydrogen) atoms. The van der Waals surface area contributed by atoms with Gasteiger partial charge < -0.3 is 16.4 Å². The van der Waals surface area contributed by atoms with Crippen LogP contribution in [0.15, 0.2) is 58.3 Å². The van der Waals surface area contributed by atoms with Crippen LogP contribution in [0.4, 0.5) is 10.3 Å². The van der Waals surface area contributed by atoms with Gasteiger partial charge in [-0.1, -0.05) is 74.6 Å². The van der Waals surface area contributed by atoms with E-state index >= 15 is 0 Å². The van der Waals surface area contributed by atoms with Gasteiger partial charge in [-0.3, -0.25) is 14.3 Å². The van der Waals surface area contributed by atoms with E-state index in [1.165, 1.54) is 60.8 Å². The lowest BCUT2D eigenvalue weighted by atomic mass is 10.1. The monoisotopic (exact) mass is 772 g/mol. The van der Waals surface area contributed by atoms with Crippen LogP contribution in [0, 0.1) is 0 Å². The molecule has 268 valence electrons. The Bertz CT molecular complexity index is 1860. The van der Waals surface area contributed by atoms with Crippen LogP contribution < -0.4 is 21.1 Å². The first kappa shape index (κ1) is 41.5. The molecule has 0 fully saturated rings. The van der Waals surface area contributed by atoms with Crippen molar-refractivity contribution < 1.29 is 26.4 Å². The number of amides is 2. The molecule has 0 spiro atoms. The number of hydrogen-bond acceptors (Lipinski definition) is 13. The van der Waals surface area contributed by atoms with Gasteiger partial charge >= 0.3 is 0 Å². The average Bonchev–Trinajstić information content (AvgIpc) is 3.67. The molecule has 0 saturated heterocycles. The predicted octanol–water partition coefficient (Wildman–Crippen LogP) is 4.68. The summed E-state index contributed by atoms with van der Waals surface area (Å²) in [5.41, 5.74) is 7.25. The highest BCUT2D eigenvalue weighted by Gasteiger charge is 2.17. The molecule has 2 aromatic heterocycles. The zero-order chi connectivity index (χ0) is 36.8. The SMILES string of the molecule is CC(=O)NCCc1ccc(S(=O)(=O)Cl)cc1.CC(=O)NCCc1ccc(S(=O)(=O)Nc2nnc(C(C)C)s2)cc1.CC(C)c1nnc(N)s1. The van der Waals surface area contributed by atoms with Gasteiger partial charge in [-0.25, -0.2) is 16.8 Å². The molecule has 14 nitrogen and oxygen atoms in total. The maximum absolute atomic E-state index is 12.4. The number of nitrogen functional groups attached to an aromatic ring is 1. The topological polar surface area (TPSA) is 216 Å². The second-order valence-corrected chi connectivity index (χ2v) is 17.3. The van der Waals surface area contributed by atoms with E-state index in [2.05, 4.69) is 49.6 Å². The maximum Gasteiger partial charge on any atom is 0.263 e. The Labute approximate surface area is 299 Å². The second-order valence-electron chi connectivity index (χ2n) is 11.0. The van der Waals surface area contributed by atoms with Gasteiger partial charge in [0.1, 0.15) is 10.0 Å². The second kappa shape index (κ2) is 19.5. The minimum absolute atomic E-state index is 0.0810. The van der Waals surface area contributed by atoms with E-state index in [1.54, 1.807) is 24.3 Å². The Morgan fingerprint density at radius 3 is 1.49 bits per heavy atom. The van der Waals surface area contributed by atoms with Gasteiger partial charge in [0.15, 0.2) is 0 Å². The van der Waals surface area contributed by atoms with Crippen molar-refractivity contribution >= 4 is 74.5 Å². The summed E-state index contributed by atoms with van der Waals surface area (Å²) in [4.78, 5) is 21.7. The first-order valence-electron chi connectivity index (χ1n) is 14.9. The summed E-state index contributed by atoms with van der Waals surface area (Å²) < 4.78 is 49.1. The zero-order valence-electron chi connectivity index (χ0n) is 27.9. The smallest absolute Gasteiger partial charge is 0.263 e. The number of nitrogens with zero attached hydrogens (tertiary/aromatic N) is 4. The Morgan fingerprint density at radius 1 is 0.714 bits per heavy atom. The van der Waals surface area contributed by atoms with Gasteiger partial charge in [-0.15, -0.1) is 20.4 Å². The fourth-order valence-electron chi connectivity index (χ4n) is 3.58. The van der Waals surface area contributed by atoms with E-state index in [9.17, 15) is 26.4 Å². The number of carbonyl (C=O) groups excluding carboxylic acids is 2. The summed E-state index contributed by atoms with van der Waals surface area (Å²) >= 11 is 2.68. The Kier molecular flexibility index (Phi) is 16.5. The number of aromatic nitrogens is 4. The van der Waals surface area contributed by atoms with Crippen molar-refractivity contribution in [2.75, 3.05) is 23.5 Å². The molecule has 2 amide bonds. The van der Waals surface area contributed by atoms with Crippen molar-refractivity contribution in [3.8, 4) is 0 Å². The molecule has 0 bridgehead atoms. The summed E-state index contributed by atoms with van der Waals surface area (Å²) in [7, 11) is -2.17. The van der Waals surface area contributed by atoms with Gasteiger partial charge in [0.05, 0.1) is 9.79 Å². The van der Waals surface area contributed by atoms with Crippen molar-refractivity contribution in [1.82, 2.24) is 31.0 Å². The molecule has 0 unspecified atom stereocenters. The molecule has 19 heteroatoms. The average molecular weight is 773 g/mol. The van der Waals surface area contributed by atoms with Gasteiger partial charge in [-0.2, -0.15) is 0 Å². The standard InChI is InChI=1S/C15H20N4O3S2.C10H12ClNO3S.C5H9N3S/c1-10(2)14-17-18-15(23-14)19-24(21,22)13-6-4-12(5-7-13)8-9-16-11(3)20;1-8(13)12-7-6-9-2-4-10(5-3-9)16(11,14)15;1-3(2)4-7-8-5(6)9-4/h4-7,10H,8-9H2,1-3H3,(H,16,20)(H,18,19);2-5H,6-7H2,1H3,(H,12,13);3H,1-2H3,(H2,6,8). The lowest BCUT2D eigenvalue weighted by Crippen LogP contribution is -2.22. The fourth-order valence-corrected chi connectivity index (χ4v) is 6.94. The van der Waals surface area contributed by atoms with E-state index in [0.717, 1.165) is 21.1 Å². The number of carbonyl (C=O) groups is 2. The highest BCUT2D eigenvalue weighted by Crippen LogP contribution is 2.25. The first-order valence-corrected chi connectivity index (χ1v) is 20.4. The van der Waals surface area contributed by atoms with Crippen LogP contribution in [0.3, 0.4) is 0 Å². The first-order chi connectivity index (χ1) is 22.9. The molecule has 0 radical (unpaired) electrons. The number of anilines is 2. The molecule has 5 N–H and O–H groups in total. The van der Waals surface area contributed by atoms with Crippen molar-refractivity contribution in [2.45, 2.75) is 76.0 Å². The minimum Gasteiger partial charge on any atom is -0.374 e. The number of halogens is 1. The lowest BCUT2D eigenvalue weighted by molar-refractivity contribution is -0.119. The van der Waals surface area contributed by atoms with Crippen LogP contribution in [-0.4, -0.2) is 62.1 Å². The third-order valence-corrected chi connectivity index (χ3v) is 11.2. The highest BCUT2D eigenvalue weighted by molar-refractivity contribution is 8.13. The van der Waals surface area contributed by atoms with Crippen molar-refractivity contribution in [3.05, 3.63) is 69.7 Å². The van der Waals surface area contributed by atoms with Crippen molar-refractivity contribution in [1.29, 1.82) is 0 Å². The molecule has 0 saturated carbocycles. The molecular weight excluding hydrogens is 732 g/mol. The molecule has 0 aliphatic heterocycles. The third kappa shape index (κ3) is 15.6. The van der Waals surface area contributed by atoms with Crippen LogP contribution >= 0.6 is 33.4 Å². The third-order valence-electron chi connectivity index (χ3n) is 6.12. The van der Waals surface area contributed by atoms with E-state index in [4.69, 9.17) is 16.4 Å². The number of rotatable bonds is 12. The Morgan fingerprint density at radius 2 is 1.14 bits per heavy atom. The summed E-state index contributed by atoms with van der Waals surface area (Å²) in [5, 5.41) is 23.3. The lowest BCUT2D eigenvalue weighted by Gasteiger charge is -2.06. The normalized spacial score (nSPS) is 11.2. The quantitative estimate of drug-likeness (QED) is 0.145. The molecule has 4 aromatic rings. The predicted molar refractivity (Wildman–Crippen MR) is 194 cm³/mol. The van der Waals surface area contributed by atoms with Gasteiger partial charge in [0.25, 0.3) is 19.1 Å². The van der Waals surface area contributed by atoms with E-state index in [1.807, 2.05) is 13.8 Å². The largest absolute Gasteiger partial charge is 0.374 e. The molecular formula is C30H41ClN8O6S4. The van der Waals surface area contributed by atoms with Gasteiger partial charge in [-0.05, 0) is 48.2 Å². The minimum atomic E-state index is -3.69. The Balaban J connectivity index is 0.000000285. The highest BCUT2D eigenvalue weighted by atomic mass is 35.7. The van der Waals surface area contributed by atoms with Crippen molar-refractivity contribution in [3.63, 3.8) is 0 Å². The summed E-state index contributed by atoms with van der Waals surface area (Å²) in [5.74, 6) is 0.472. The molecule has 4 rings (SSSR count). The zero-order valence-corrected chi connectivity index (χ0v) is 32.0. The number of sulfonamides is 1.